The Bertz CT molecular complexity index is 428. The van der Waals surface area contributed by atoms with E-state index >= 15 is 0 Å². The van der Waals surface area contributed by atoms with Gasteiger partial charge in [-0.25, -0.2) is 4.79 Å². The lowest BCUT2D eigenvalue weighted by atomic mass is 9.87. The van der Waals surface area contributed by atoms with Gasteiger partial charge in [-0.15, -0.1) is 0 Å². The Morgan fingerprint density at radius 2 is 1.86 bits per heavy atom. The van der Waals surface area contributed by atoms with Crippen molar-refractivity contribution in [3.63, 3.8) is 0 Å². The van der Waals surface area contributed by atoms with E-state index in [0.29, 0.717) is 18.7 Å². The van der Waals surface area contributed by atoms with Crippen LogP contribution in [-0.4, -0.2) is 66.9 Å². The first-order valence-corrected chi connectivity index (χ1v) is 7.12. The van der Waals surface area contributed by atoms with Gasteiger partial charge in [-0.3, -0.25) is 9.59 Å². The number of hydrogen-bond donors (Lipinski definition) is 0. The Morgan fingerprint density at radius 1 is 1.29 bits per heavy atom. The molecule has 0 aromatic heterocycles. The normalized spacial score (nSPS) is 17.1. The minimum Gasteiger partial charge on any atom is -0.396 e. The third-order valence-corrected chi connectivity index (χ3v) is 3.14. The van der Waals surface area contributed by atoms with Crippen LogP contribution in [0.5, 0.6) is 0 Å². The number of hydrogen-bond acceptors (Lipinski definition) is 5. The summed E-state index contributed by atoms with van der Waals surface area (Å²) in [5.41, 5.74) is 0.464. The van der Waals surface area contributed by atoms with E-state index in [2.05, 4.69) is 5.16 Å². The Labute approximate surface area is 124 Å². The zero-order chi connectivity index (χ0) is 16.0. The number of oxime groups is 1. The molecular weight excluding hydrogens is 274 g/mol. The minimum absolute atomic E-state index is 0.0672. The zero-order valence-electron chi connectivity index (χ0n) is 13.1. The van der Waals surface area contributed by atoms with Gasteiger partial charge in [0.2, 0.25) is 0 Å². The van der Waals surface area contributed by atoms with E-state index in [4.69, 9.17) is 4.84 Å². The molecule has 0 aliphatic carbocycles. The molecule has 0 atom stereocenters. The summed E-state index contributed by atoms with van der Waals surface area (Å²) < 4.78 is 0. The van der Waals surface area contributed by atoms with E-state index in [1.54, 1.807) is 21.0 Å². The van der Waals surface area contributed by atoms with Crippen LogP contribution < -0.4 is 0 Å². The Hall–Kier alpha value is -1.92. The van der Waals surface area contributed by atoms with Crippen LogP contribution in [0.25, 0.3) is 0 Å². The quantitative estimate of drug-likeness (QED) is 0.429. The Balaban J connectivity index is 2.89. The van der Waals surface area contributed by atoms with Crippen molar-refractivity contribution in [2.75, 3.05) is 33.8 Å². The van der Waals surface area contributed by atoms with E-state index in [-0.39, 0.29) is 30.7 Å². The minimum atomic E-state index is -0.872. The van der Waals surface area contributed by atoms with Gasteiger partial charge in [-0.05, 0) is 13.3 Å². The van der Waals surface area contributed by atoms with Crippen LogP contribution in [-0.2, 0) is 14.4 Å². The van der Waals surface area contributed by atoms with Crippen molar-refractivity contribution in [1.29, 1.82) is 0 Å². The summed E-state index contributed by atoms with van der Waals surface area (Å²) in [5, 5.41) is 3.92. The molecule has 1 fully saturated rings. The molecule has 0 aromatic rings. The highest BCUT2D eigenvalue weighted by molar-refractivity contribution is 6.23. The zero-order valence-corrected chi connectivity index (χ0v) is 13.1. The van der Waals surface area contributed by atoms with E-state index in [1.165, 1.54) is 9.80 Å². The van der Waals surface area contributed by atoms with E-state index in [0.717, 1.165) is 6.42 Å². The molecule has 7 heteroatoms. The monoisotopic (exact) mass is 297 g/mol. The van der Waals surface area contributed by atoms with Gasteiger partial charge in [0.05, 0.1) is 18.8 Å². The lowest BCUT2D eigenvalue weighted by Crippen LogP contribution is -2.54. The van der Waals surface area contributed by atoms with Gasteiger partial charge in [0.25, 0.3) is 0 Å². The van der Waals surface area contributed by atoms with Crippen LogP contribution in [0.2, 0.25) is 0 Å². The van der Waals surface area contributed by atoms with Crippen LogP contribution in [0, 0.1) is 5.92 Å². The second-order valence-corrected chi connectivity index (χ2v) is 5.15. The summed E-state index contributed by atoms with van der Waals surface area (Å²) in [6.45, 7) is 3.98. The third-order valence-electron chi connectivity index (χ3n) is 3.14. The van der Waals surface area contributed by atoms with Crippen molar-refractivity contribution in [3.8, 4) is 0 Å². The molecule has 0 saturated carbocycles. The molecular formula is C14H23N3O4. The standard InChI is InChI=1S/C14H23N3O4/c1-5-7-10(15-21-6-2)13-11(18)8-17(9-12(13)19)14(20)16(3)4/h13H,5-9H2,1-4H3/b15-10+. The first-order chi connectivity index (χ1) is 9.92. The van der Waals surface area contributed by atoms with E-state index in [1.807, 2.05) is 6.92 Å². The molecule has 1 aliphatic rings. The Kier molecular flexibility index (Phi) is 6.33. The average molecular weight is 297 g/mol. The second kappa shape index (κ2) is 7.75. The maximum Gasteiger partial charge on any atom is 0.320 e. The number of amides is 2. The molecule has 21 heavy (non-hydrogen) atoms. The molecule has 118 valence electrons. The summed E-state index contributed by atoms with van der Waals surface area (Å²) in [6.07, 6.45) is 1.30. The summed E-state index contributed by atoms with van der Waals surface area (Å²) >= 11 is 0. The lowest BCUT2D eigenvalue weighted by molar-refractivity contribution is -0.134. The van der Waals surface area contributed by atoms with Crippen LogP contribution in [0.1, 0.15) is 26.7 Å². The molecule has 1 heterocycles. The molecule has 0 spiro atoms. The summed E-state index contributed by atoms with van der Waals surface area (Å²) in [6, 6.07) is -0.339. The number of likely N-dealkylation sites (tertiary alicyclic amines) is 1. The largest absolute Gasteiger partial charge is 0.396 e. The predicted molar refractivity (Wildman–Crippen MR) is 78.1 cm³/mol. The number of carbonyl (C=O) groups is 3. The summed E-state index contributed by atoms with van der Waals surface area (Å²) in [5.74, 6) is -1.47. The van der Waals surface area contributed by atoms with Crippen molar-refractivity contribution in [2.45, 2.75) is 26.7 Å². The van der Waals surface area contributed by atoms with Gasteiger partial charge in [-0.1, -0.05) is 18.5 Å². The molecule has 1 aliphatic heterocycles. The molecule has 2 amide bonds. The first-order valence-electron chi connectivity index (χ1n) is 7.12. The highest BCUT2D eigenvalue weighted by Crippen LogP contribution is 2.17. The van der Waals surface area contributed by atoms with Gasteiger partial charge in [-0.2, -0.15) is 0 Å². The van der Waals surface area contributed by atoms with Crippen LogP contribution in [0.4, 0.5) is 4.79 Å². The number of carbonyl (C=O) groups excluding carboxylic acids is 3. The molecule has 0 radical (unpaired) electrons. The lowest BCUT2D eigenvalue weighted by Gasteiger charge is -2.31. The summed E-state index contributed by atoms with van der Waals surface area (Å²) in [4.78, 5) is 44.0. The molecule has 0 aromatic carbocycles. The van der Waals surface area contributed by atoms with Crippen molar-refractivity contribution >= 4 is 23.3 Å². The maximum absolute atomic E-state index is 12.3. The predicted octanol–water partition coefficient (Wildman–Crippen LogP) is 0.931. The third kappa shape index (κ3) is 4.27. The van der Waals surface area contributed by atoms with Gasteiger partial charge < -0.3 is 14.6 Å². The Morgan fingerprint density at radius 3 is 2.29 bits per heavy atom. The number of urea groups is 1. The van der Waals surface area contributed by atoms with Crippen LogP contribution >= 0.6 is 0 Å². The van der Waals surface area contributed by atoms with Crippen molar-refractivity contribution in [2.24, 2.45) is 11.1 Å². The fourth-order valence-electron chi connectivity index (χ4n) is 2.23. The van der Waals surface area contributed by atoms with Gasteiger partial charge in [0.1, 0.15) is 12.5 Å². The number of nitrogens with zero attached hydrogens (tertiary/aromatic N) is 3. The van der Waals surface area contributed by atoms with E-state index in [9.17, 15) is 14.4 Å². The highest BCUT2D eigenvalue weighted by atomic mass is 16.6. The van der Waals surface area contributed by atoms with Crippen LogP contribution in [0.15, 0.2) is 5.16 Å². The molecule has 1 saturated heterocycles. The molecule has 0 bridgehead atoms. The van der Waals surface area contributed by atoms with Gasteiger partial charge in [0.15, 0.2) is 11.6 Å². The second-order valence-electron chi connectivity index (χ2n) is 5.15. The van der Waals surface area contributed by atoms with E-state index < -0.39 is 5.92 Å². The fraction of sp³-hybridized carbons (Fsp3) is 0.714. The molecule has 0 N–H and O–H groups in total. The average Bonchev–Trinajstić information content (AvgIpc) is 2.42. The number of rotatable bonds is 5. The van der Waals surface area contributed by atoms with Crippen molar-refractivity contribution < 1.29 is 19.2 Å². The topological polar surface area (TPSA) is 79.3 Å². The SMILES string of the molecule is CCC/C(=N\OCC)C1C(=O)CN(C(=O)N(C)C)CC1=O. The molecule has 7 nitrogen and oxygen atoms in total. The summed E-state index contributed by atoms with van der Waals surface area (Å²) in [7, 11) is 3.17. The maximum atomic E-state index is 12.3. The highest BCUT2D eigenvalue weighted by Gasteiger charge is 2.39. The first kappa shape index (κ1) is 17.1. The van der Waals surface area contributed by atoms with Gasteiger partial charge >= 0.3 is 6.03 Å². The molecule has 0 unspecified atom stereocenters. The number of ketones is 2. The number of Topliss-reactive ketones (excluding diaryl/α,β-unsaturated/α-hetero) is 2. The van der Waals surface area contributed by atoms with Crippen molar-refractivity contribution in [1.82, 2.24) is 9.80 Å². The van der Waals surface area contributed by atoms with Crippen LogP contribution in [0.3, 0.4) is 0 Å². The van der Waals surface area contributed by atoms with Crippen molar-refractivity contribution in [3.05, 3.63) is 0 Å². The van der Waals surface area contributed by atoms with Gasteiger partial charge in [0, 0.05) is 14.1 Å². The number of piperidine rings is 1. The fourth-order valence-corrected chi connectivity index (χ4v) is 2.23. The smallest absolute Gasteiger partial charge is 0.320 e. The molecule has 1 rings (SSSR count).